The lowest BCUT2D eigenvalue weighted by Gasteiger charge is -2.29. The maximum atomic E-state index is 12.6. The second-order valence-electron chi connectivity index (χ2n) is 6.69. The van der Waals surface area contributed by atoms with Crippen molar-refractivity contribution in [3.63, 3.8) is 0 Å². The number of aromatic nitrogens is 1. The summed E-state index contributed by atoms with van der Waals surface area (Å²) >= 11 is 3.39. The highest BCUT2D eigenvalue weighted by Gasteiger charge is 2.28. The van der Waals surface area contributed by atoms with Gasteiger partial charge in [-0.2, -0.15) is 0 Å². The number of anilines is 2. The minimum absolute atomic E-state index is 0.0426. The zero-order chi connectivity index (χ0) is 20.5. The summed E-state index contributed by atoms with van der Waals surface area (Å²) in [6, 6.07) is 12.4. The van der Waals surface area contributed by atoms with Crippen molar-refractivity contribution in [2.24, 2.45) is 0 Å². The largest absolute Gasteiger partial charge is 0.482 e. The lowest BCUT2D eigenvalue weighted by atomic mass is 10.1. The van der Waals surface area contributed by atoms with Crippen LogP contribution in [0, 0.1) is 13.8 Å². The predicted molar refractivity (Wildman–Crippen MR) is 111 cm³/mol. The van der Waals surface area contributed by atoms with Gasteiger partial charge in [0.1, 0.15) is 11.5 Å². The maximum Gasteiger partial charge on any atom is 0.265 e. The van der Waals surface area contributed by atoms with Crippen LogP contribution in [0.1, 0.15) is 27.4 Å². The van der Waals surface area contributed by atoms with E-state index in [1.165, 1.54) is 0 Å². The molecule has 1 aliphatic rings. The molecule has 0 unspecified atom stereocenters. The zero-order valence-corrected chi connectivity index (χ0v) is 17.4. The van der Waals surface area contributed by atoms with Gasteiger partial charge in [0.2, 0.25) is 0 Å². The Labute approximate surface area is 175 Å². The van der Waals surface area contributed by atoms with E-state index in [1.54, 1.807) is 41.3 Å². The van der Waals surface area contributed by atoms with Crippen LogP contribution in [-0.4, -0.2) is 23.6 Å². The average Bonchev–Trinajstić information content (AvgIpc) is 3.02. The average molecular weight is 456 g/mol. The highest BCUT2D eigenvalue weighted by molar-refractivity contribution is 9.10. The van der Waals surface area contributed by atoms with Crippen LogP contribution in [0.3, 0.4) is 0 Å². The number of rotatable bonds is 4. The molecule has 2 aromatic carbocycles. The summed E-state index contributed by atoms with van der Waals surface area (Å²) in [5.41, 5.74) is 3.26. The molecule has 1 aromatic heterocycles. The van der Waals surface area contributed by atoms with Crippen molar-refractivity contribution in [3.05, 3.63) is 69.5 Å². The number of halogens is 1. The number of benzene rings is 2. The Balaban J connectivity index is 1.64. The fraction of sp³-hybridized carbons (Fsp3) is 0.190. The second-order valence-corrected chi connectivity index (χ2v) is 7.54. The molecule has 2 heterocycles. The molecule has 1 N–H and O–H groups in total. The fourth-order valence-corrected chi connectivity index (χ4v) is 3.65. The minimum atomic E-state index is -0.252. The number of carbonyl (C=O) groups is 2. The van der Waals surface area contributed by atoms with Gasteiger partial charge < -0.3 is 19.5 Å². The number of nitrogens with zero attached hydrogens (tertiary/aromatic N) is 2. The summed E-state index contributed by atoms with van der Waals surface area (Å²) in [7, 11) is 0. The third kappa shape index (κ3) is 3.75. The van der Waals surface area contributed by atoms with E-state index in [1.807, 2.05) is 19.9 Å². The molecule has 0 radical (unpaired) electrons. The molecule has 1 aliphatic heterocycles. The van der Waals surface area contributed by atoms with E-state index in [0.29, 0.717) is 39.5 Å². The molecule has 0 aliphatic carbocycles. The molecule has 3 aromatic rings. The van der Waals surface area contributed by atoms with Crippen LogP contribution < -0.4 is 15.0 Å². The van der Waals surface area contributed by atoms with Crippen LogP contribution >= 0.6 is 15.9 Å². The summed E-state index contributed by atoms with van der Waals surface area (Å²) in [6.45, 7) is 3.93. The van der Waals surface area contributed by atoms with Gasteiger partial charge in [-0.05, 0) is 60.1 Å². The predicted octanol–water partition coefficient (Wildman–Crippen LogP) is 4.23. The van der Waals surface area contributed by atoms with Crippen molar-refractivity contribution >= 4 is 39.1 Å². The van der Waals surface area contributed by atoms with Gasteiger partial charge in [0.05, 0.1) is 23.5 Å². The third-order valence-corrected chi connectivity index (χ3v) is 5.47. The van der Waals surface area contributed by atoms with Gasteiger partial charge in [-0.3, -0.25) is 9.59 Å². The van der Waals surface area contributed by atoms with E-state index in [2.05, 4.69) is 26.4 Å². The van der Waals surface area contributed by atoms with Crippen LogP contribution in [-0.2, 0) is 11.3 Å². The molecule has 0 saturated carbocycles. The van der Waals surface area contributed by atoms with Crippen molar-refractivity contribution in [1.82, 2.24) is 5.16 Å². The Morgan fingerprint density at radius 3 is 2.76 bits per heavy atom. The SMILES string of the molecule is Cc1noc(C)c1CN1C(=O)COc2ccc(NC(=O)c3ccccc3Br)cc21. The molecule has 0 bridgehead atoms. The topological polar surface area (TPSA) is 84.7 Å². The van der Waals surface area contributed by atoms with Gasteiger partial charge in [0.25, 0.3) is 11.8 Å². The van der Waals surface area contributed by atoms with Crippen LogP contribution in [0.25, 0.3) is 0 Å². The monoisotopic (exact) mass is 455 g/mol. The Bertz CT molecular complexity index is 1090. The highest BCUT2D eigenvalue weighted by atomic mass is 79.9. The molecule has 0 saturated heterocycles. The molecule has 4 rings (SSSR count). The quantitative estimate of drug-likeness (QED) is 0.635. The zero-order valence-electron chi connectivity index (χ0n) is 15.9. The number of carbonyl (C=O) groups excluding carboxylic acids is 2. The number of hydrogen-bond acceptors (Lipinski definition) is 5. The molecular formula is C21H18BrN3O4. The first-order chi connectivity index (χ1) is 13.9. The Kier molecular flexibility index (Phi) is 5.10. The smallest absolute Gasteiger partial charge is 0.265 e. The molecule has 0 atom stereocenters. The normalized spacial score (nSPS) is 13.1. The summed E-state index contributed by atoms with van der Waals surface area (Å²) in [6.07, 6.45) is 0. The molecule has 29 heavy (non-hydrogen) atoms. The molecule has 2 amide bonds. The Morgan fingerprint density at radius 2 is 2.03 bits per heavy atom. The minimum Gasteiger partial charge on any atom is -0.482 e. The molecule has 0 fully saturated rings. The number of nitrogens with one attached hydrogen (secondary N) is 1. The summed E-state index contributed by atoms with van der Waals surface area (Å²) in [5, 5.41) is 6.83. The molecule has 8 heteroatoms. The van der Waals surface area contributed by atoms with E-state index < -0.39 is 0 Å². The van der Waals surface area contributed by atoms with Gasteiger partial charge in [-0.25, -0.2) is 0 Å². The van der Waals surface area contributed by atoms with Gasteiger partial charge >= 0.3 is 0 Å². The first-order valence-electron chi connectivity index (χ1n) is 8.99. The van der Waals surface area contributed by atoms with Gasteiger partial charge in [0.15, 0.2) is 6.61 Å². The number of hydrogen-bond donors (Lipinski definition) is 1. The van der Waals surface area contributed by atoms with E-state index in [0.717, 1.165) is 11.3 Å². The lowest BCUT2D eigenvalue weighted by Crippen LogP contribution is -2.38. The molecular weight excluding hydrogens is 438 g/mol. The molecule has 7 nitrogen and oxygen atoms in total. The van der Waals surface area contributed by atoms with E-state index in [9.17, 15) is 9.59 Å². The van der Waals surface area contributed by atoms with E-state index >= 15 is 0 Å². The number of amides is 2. The fourth-order valence-electron chi connectivity index (χ4n) is 3.18. The maximum absolute atomic E-state index is 12.6. The summed E-state index contributed by atoms with van der Waals surface area (Å²) < 4.78 is 11.5. The second kappa shape index (κ2) is 7.71. The van der Waals surface area contributed by atoms with Crippen molar-refractivity contribution in [1.29, 1.82) is 0 Å². The first kappa shape index (κ1) is 19.2. The highest BCUT2D eigenvalue weighted by Crippen LogP contribution is 2.36. The van der Waals surface area contributed by atoms with Crippen molar-refractivity contribution < 1.29 is 18.8 Å². The van der Waals surface area contributed by atoms with Crippen molar-refractivity contribution in [2.75, 3.05) is 16.8 Å². The van der Waals surface area contributed by atoms with Crippen LogP contribution in [0.2, 0.25) is 0 Å². The van der Waals surface area contributed by atoms with Crippen LogP contribution in [0.15, 0.2) is 51.5 Å². The van der Waals surface area contributed by atoms with E-state index in [-0.39, 0.29) is 18.4 Å². The summed E-state index contributed by atoms with van der Waals surface area (Å²) in [4.78, 5) is 26.8. The summed E-state index contributed by atoms with van der Waals surface area (Å²) in [5.74, 6) is 0.821. The van der Waals surface area contributed by atoms with Crippen molar-refractivity contribution in [2.45, 2.75) is 20.4 Å². The first-order valence-corrected chi connectivity index (χ1v) is 9.78. The van der Waals surface area contributed by atoms with Gasteiger partial charge in [0, 0.05) is 15.7 Å². The number of aryl methyl sites for hydroxylation is 2. The van der Waals surface area contributed by atoms with Crippen LogP contribution in [0.4, 0.5) is 11.4 Å². The van der Waals surface area contributed by atoms with Gasteiger partial charge in [-0.1, -0.05) is 17.3 Å². The van der Waals surface area contributed by atoms with E-state index in [4.69, 9.17) is 9.26 Å². The molecule has 148 valence electrons. The van der Waals surface area contributed by atoms with Crippen molar-refractivity contribution in [3.8, 4) is 5.75 Å². The Hall–Kier alpha value is -3.13. The number of fused-ring (bicyclic) bond motifs is 1. The number of ether oxygens (including phenoxy) is 1. The lowest BCUT2D eigenvalue weighted by molar-refractivity contribution is -0.121. The van der Waals surface area contributed by atoms with Gasteiger partial charge in [-0.15, -0.1) is 0 Å². The van der Waals surface area contributed by atoms with Crippen LogP contribution in [0.5, 0.6) is 5.75 Å². The standard InChI is InChI=1S/C21H18BrN3O4/c1-12-16(13(2)29-24-12)10-25-18-9-14(7-8-19(18)28-11-20(25)26)23-21(27)15-5-3-4-6-17(15)22/h3-9H,10-11H2,1-2H3,(H,23,27). The molecule has 0 spiro atoms. The Morgan fingerprint density at radius 1 is 1.24 bits per heavy atom. The third-order valence-electron chi connectivity index (χ3n) is 4.78.